The van der Waals surface area contributed by atoms with Crippen LogP contribution in [0.4, 0.5) is 4.79 Å². The summed E-state index contributed by atoms with van der Waals surface area (Å²) in [7, 11) is 0. The minimum Gasteiger partial charge on any atom is -0.376 e. The predicted octanol–water partition coefficient (Wildman–Crippen LogP) is 1.85. The quantitative estimate of drug-likeness (QED) is 0.780. The van der Waals surface area contributed by atoms with Gasteiger partial charge in [0.15, 0.2) is 0 Å². The highest BCUT2D eigenvalue weighted by Crippen LogP contribution is 2.13. The van der Waals surface area contributed by atoms with Crippen molar-refractivity contribution in [2.24, 2.45) is 5.92 Å². The lowest BCUT2D eigenvalue weighted by Gasteiger charge is -2.17. The Kier molecular flexibility index (Phi) is 5.60. The van der Waals surface area contributed by atoms with Gasteiger partial charge in [-0.1, -0.05) is 13.8 Å². The molecule has 94 valence electrons. The Bertz CT molecular complexity index is 219. The van der Waals surface area contributed by atoms with Crippen molar-refractivity contribution < 1.29 is 9.53 Å². The van der Waals surface area contributed by atoms with Crippen molar-refractivity contribution in [3.05, 3.63) is 0 Å². The van der Waals surface area contributed by atoms with Gasteiger partial charge in [-0.2, -0.15) is 0 Å². The summed E-state index contributed by atoms with van der Waals surface area (Å²) in [4.78, 5) is 13.4. The molecular weight excluding hydrogens is 204 g/mol. The number of likely N-dealkylation sites (tertiary alicyclic amines) is 1. The molecule has 0 unspecified atom stereocenters. The molecule has 1 aliphatic heterocycles. The maximum absolute atomic E-state index is 11.5. The van der Waals surface area contributed by atoms with Crippen LogP contribution in [0.15, 0.2) is 0 Å². The fourth-order valence-electron chi connectivity index (χ4n) is 1.78. The average Bonchev–Trinajstić information content (AvgIpc) is 2.66. The monoisotopic (exact) mass is 228 g/mol. The van der Waals surface area contributed by atoms with Crippen LogP contribution in [0.3, 0.4) is 0 Å². The van der Waals surface area contributed by atoms with E-state index in [2.05, 4.69) is 19.2 Å². The maximum atomic E-state index is 11.5. The zero-order chi connectivity index (χ0) is 12.0. The van der Waals surface area contributed by atoms with Gasteiger partial charge in [-0.25, -0.2) is 4.79 Å². The van der Waals surface area contributed by atoms with Crippen LogP contribution in [0.2, 0.25) is 0 Å². The van der Waals surface area contributed by atoms with Crippen molar-refractivity contribution in [1.82, 2.24) is 10.2 Å². The molecule has 0 spiro atoms. The smallest absolute Gasteiger partial charge is 0.317 e. The summed E-state index contributed by atoms with van der Waals surface area (Å²) in [5, 5.41) is 2.81. The maximum Gasteiger partial charge on any atom is 0.317 e. The summed E-state index contributed by atoms with van der Waals surface area (Å²) in [5.74, 6) is 0.681. The lowest BCUT2D eigenvalue weighted by atomic mass is 10.1. The van der Waals surface area contributed by atoms with E-state index in [1.165, 1.54) is 0 Å². The number of amides is 2. The molecule has 0 bridgehead atoms. The number of nitrogens with one attached hydrogen (secondary N) is 1. The predicted molar refractivity (Wildman–Crippen MR) is 64.5 cm³/mol. The Hall–Kier alpha value is -0.770. The zero-order valence-electron chi connectivity index (χ0n) is 10.7. The van der Waals surface area contributed by atoms with Crippen LogP contribution in [0.25, 0.3) is 0 Å². The van der Waals surface area contributed by atoms with E-state index in [-0.39, 0.29) is 12.1 Å². The van der Waals surface area contributed by atoms with Crippen LogP contribution in [0.1, 0.15) is 33.6 Å². The van der Waals surface area contributed by atoms with Gasteiger partial charge in [0, 0.05) is 26.2 Å². The van der Waals surface area contributed by atoms with Crippen molar-refractivity contribution >= 4 is 6.03 Å². The first-order chi connectivity index (χ1) is 7.63. The summed E-state index contributed by atoms with van der Waals surface area (Å²) in [5.41, 5.74) is 0. The van der Waals surface area contributed by atoms with Gasteiger partial charge < -0.3 is 15.0 Å². The average molecular weight is 228 g/mol. The first-order valence-corrected chi connectivity index (χ1v) is 6.27. The second kappa shape index (κ2) is 6.74. The van der Waals surface area contributed by atoms with Crippen LogP contribution in [-0.4, -0.2) is 43.3 Å². The minimum atomic E-state index is 0.0393. The molecule has 4 heteroatoms. The molecule has 1 N–H and O–H groups in total. The Labute approximate surface area is 98.3 Å². The third-order valence-electron chi connectivity index (χ3n) is 2.81. The fourth-order valence-corrected chi connectivity index (χ4v) is 1.78. The van der Waals surface area contributed by atoms with E-state index in [0.717, 1.165) is 32.5 Å². The number of hydrogen-bond donors (Lipinski definition) is 1. The highest BCUT2D eigenvalue weighted by Gasteiger charge is 2.26. The van der Waals surface area contributed by atoms with E-state index in [1.807, 2.05) is 11.8 Å². The lowest BCUT2D eigenvalue weighted by molar-refractivity contribution is 0.0543. The van der Waals surface area contributed by atoms with E-state index in [9.17, 15) is 4.79 Å². The van der Waals surface area contributed by atoms with Gasteiger partial charge in [-0.05, 0) is 25.7 Å². The van der Waals surface area contributed by atoms with Crippen molar-refractivity contribution in [3.63, 3.8) is 0 Å². The summed E-state index contributed by atoms with van der Waals surface area (Å²) in [6.07, 6.45) is 2.30. The molecule has 1 aliphatic rings. The SMILES string of the molecule is CCNC(=O)N1CC[C@@H](OCCC(C)C)C1. The highest BCUT2D eigenvalue weighted by atomic mass is 16.5. The van der Waals surface area contributed by atoms with Crippen LogP contribution < -0.4 is 5.32 Å². The van der Waals surface area contributed by atoms with Gasteiger partial charge in [-0.3, -0.25) is 0 Å². The Morgan fingerprint density at radius 2 is 2.31 bits per heavy atom. The van der Waals surface area contributed by atoms with Gasteiger partial charge in [0.25, 0.3) is 0 Å². The van der Waals surface area contributed by atoms with E-state index in [4.69, 9.17) is 4.74 Å². The van der Waals surface area contributed by atoms with Crippen LogP contribution in [-0.2, 0) is 4.74 Å². The van der Waals surface area contributed by atoms with E-state index >= 15 is 0 Å². The molecule has 16 heavy (non-hydrogen) atoms. The summed E-state index contributed by atoms with van der Waals surface area (Å²) < 4.78 is 5.75. The summed E-state index contributed by atoms with van der Waals surface area (Å²) >= 11 is 0. The molecule has 4 nitrogen and oxygen atoms in total. The van der Waals surface area contributed by atoms with Crippen molar-refractivity contribution in [3.8, 4) is 0 Å². The molecule has 2 amide bonds. The molecule has 0 aromatic heterocycles. The standard InChI is InChI=1S/C12H24N2O2/c1-4-13-12(15)14-7-5-11(9-14)16-8-6-10(2)3/h10-11H,4-9H2,1-3H3,(H,13,15)/t11-/m1/s1. The van der Waals surface area contributed by atoms with Gasteiger partial charge in [0.1, 0.15) is 0 Å². The van der Waals surface area contributed by atoms with Crippen molar-refractivity contribution in [2.45, 2.75) is 39.7 Å². The van der Waals surface area contributed by atoms with Gasteiger partial charge in [0.05, 0.1) is 6.10 Å². The summed E-state index contributed by atoms with van der Waals surface area (Å²) in [6.45, 7) is 9.38. The Balaban J connectivity index is 2.17. The first kappa shape index (κ1) is 13.3. The molecule has 0 radical (unpaired) electrons. The van der Waals surface area contributed by atoms with E-state index in [1.54, 1.807) is 0 Å². The molecule has 1 heterocycles. The fraction of sp³-hybridized carbons (Fsp3) is 0.917. The molecule has 0 aromatic rings. The molecular formula is C12H24N2O2. The number of hydrogen-bond acceptors (Lipinski definition) is 2. The molecule has 0 aromatic carbocycles. The Morgan fingerprint density at radius 1 is 1.56 bits per heavy atom. The summed E-state index contributed by atoms with van der Waals surface area (Å²) in [6, 6.07) is 0.0393. The normalized spacial score (nSPS) is 20.5. The van der Waals surface area contributed by atoms with Crippen LogP contribution >= 0.6 is 0 Å². The molecule has 1 fully saturated rings. The number of carbonyl (C=O) groups is 1. The van der Waals surface area contributed by atoms with E-state index < -0.39 is 0 Å². The van der Waals surface area contributed by atoms with Gasteiger partial charge in [0.2, 0.25) is 0 Å². The second-order valence-corrected chi connectivity index (χ2v) is 4.75. The number of urea groups is 1. The van der Waals surface area contributed by atoms with Crippen LogP contribution in [0.5, 0.6) is 0 Å². The third kappa shape index (κ3) is 4.39. The molecule has 1 saturated heterocycles. The van der Waals surface area contributed by atoms with Gasteiger partial charge in [-0.15, -0.1) is 0 Å². The lowest BCUT2D eigenvalue weighted by Crippen LogP contribution is -2.38. The zero-order valence-corrected chi connectivity index (χ0v) is 10.7. The first-order valence-electron chi connectivity index (χ1n) is 6.27. The molecule has 0 aliphatic carbocycles. The second-order valence-electron chi connectivity index (χ2n) is 4.75. The van der Waals surface area contributed by atoms with Crippen molar-refractivity contribution in [2.75, 3.05) is 26.2 Å². The molecule has 0 saturated carbocycles. The number of carbonyl (C=O) groups excluding carboxylic acids is 1. The number of nitrogens with zero attached hydrogens (tertiary/aromatic N) is 1. The van der Waals surface area contributed by atoms with Crippen molar-refractivity contribution in [1.29, 1.82) is 0 Å². The number of ether oxygens (including phenoxy) is 1. The topological polar surface area (TPSA) is 41.6 Å². The van der Waals surface area contributed by atoms with Crippen LogP contribution in [0, 0.1) is 5.92 Å². The molecule has 1 rings (SSSR count). The van der Waals surface area contributed by atoms with E-state index in [0.29, 0.717) is 12.5 Å². The third-order valence-corrected chi connectivity index (χ3v) is 2.81. The minimum absolute atomic E-state index is 0.0393. The largest absolute Gasteiger partial charge is 0.376 e. The molecule has 1 atom stereocenters. The Morgan fingerprint density at radius 3 is 2.94 bits per heavy atom. The highest BCUT2D eigenvalue weighted by molar-refractivity contribution is 5.74. The van der Waals surface area contributed by atoms with Gasteiger partial charge >= 0.3 is 6.03 Å². The number of rotatable bonds is 5.